The van der Waals surface area contributed by atoms with Crippen LogP contribution in [0.4, 0.5) is 0 Å². The van der Waals surface area contributed by atoms with Crippen LogP contribution in [0.1, 0.15) is 17.0 Å². The van der Waals surface area contributed by atoms with Crippen LogP contribution >= 0.6 is 11.6 Å². The first kappa shape index (κ1) is 13.1. The lowest BCUT2D eigenvalue weighted by Crippen LogP contribution is -2.11. The molecule has 0 bridgehead atoms. The third-order valence-corrected chi connectivity index (χ3v) is 3.24. The summed E-state index contributed by atoms with van der Waals surface area (Å²) < 4.78 is 0. The first-order chi connectivity index (χ1) is 8.61. The summed E-state index contributed by atoms with van der Waals surface area (Å²) in [7, 11) is 1.93. The maximum absolute atomic E-state index is 6.24. The van der Waals surface area contributed by atoms with Gasteiger partial charge in [-0.2, -0.15) is 0 Å². The highest BCUT2D eigenvalue weighted by Gasteiger charge is 2.12. The smallest absolute Gasteiger partial charge is 0.134 e. The van der Waals surface area contributed by atoms with Crippen LogP contribution in [0.15, 0.2) is 18.2 Å². The quantitative estimate of drug-likeness (QED) is 0.890. The van der Waals surface area contributed by atoms with Crippen molar-refractivity contribution in [1.82, 2.24) is 15.3 Å². The fraction of sp³-hybridized carbons (Fsp3) is 0.357. The Balaban J connectivity index is 2.38. The van der Waals surface area contributed by atoms with Crippen LogP contribution < -0.4 is 5.32 Å². The average molecular weight is 264 g/mol. The molecule has 0 fully saturated rings. The number of H-pyrrole nitrogens is 1. The van der Waals surface area contributed by atoms with Crippen molar-refractivity contribution in [2.45, 2.75) is 20.3 Å². The summed E-state index contributed by atoms with van der Waals surface area (Å²) in [5.41, 5.74) is 4.36. The number of nitrogens with one attached hydrogen (secondary N) is 2. The first-order valence-corrected chi connectivity index (χ1v) is 6.46. The van der Waals surface area contributed by atoms with Crippen molar-refractivity contribution in [3.63, 3.8) is 0 Å². The second-order valence-corrected chi connectivity index (χ2v) is 4.90. The second-order valence-electron chi connectivity index (χ2n) is 4.52. The molecule has 18 heavy (non-hydrogen) atoms. The molecule has 2 rings (SSSR count). The fourth-order valence-corrected chi connectivity index (χ4v) is 2.18. The molecule has 1 aromatic heterocycles. The van der Waals surface area contributed by atoms with Gasteiger partial charge in [-0.15, -0.1) is 0 Å². The molecule has 0 atom stereocenters. The van der Waals surface area contributed by atoms with Gasteiger partial charge in [0.1, 0.15) is 16.7 Å². The minimum absolute atomic E-state index is 0.620. The van der Waals surface area contributed by atoms with E-state index in [0.29, 0.717) is 5.15 Å². The molecule has 4 heteroatoms. The van der Waals surface area contributed by atoms with Gasteiger partial charge in [0.2, 0.25) is 0 Å². The minimum Gasteiger partial charge on any atom is -0.332 e. The molecule has 0 unspecified atom stereocenters. The fourth-order valence-electron chi connectivity index (χ4n) is 1.93. The van der Waals surface area contributed by atoms with Crippen molar-refractivity contribution in [2.24, 2.45) is 0 Å². The highest BCUT2D eigenvalue weighted by molar-refractivity contribution is 6.32. The van der Waals surface area contributed by atoms with Gasteiger partial charge in [-0.3, -0.25) is 0 Å². The zero-order valence-corrected chi connectivity index (χ0v) is 11.7. The Morgan fingerprint density at radius 3 is 2.83 bits per heavy atom. The maximum atomic E-state index is 6.24. The highest BCUT2D eigenvalue weighted by Crippen LogP contribution is 2.29. The predicted molar refractivity (Wildman–Crippen MR) is 76.1 cm³/mol. The van der Waals surface area contributed by atoms with Crippen molar-refractivity contribution in [3.8, 4) is 11.3 Å². The lowest BCUT2D eigenvalue weighted by Gasteiger charge is -2.04. The third kappa shape index (κ3) is 2.74. The summed E-state index contributed by atoms with van der Waals surface area (Å²) in [4.78, 5) is 7.73. The number of nitrogens with zero attached hydrogens (tertiary/aromatic N) is 1. The lowest BCUT2D eigenvalue weighted by molar-refractivity contribution is 0.764. The number of aromatic amines is 1. The van der Waals surface area contributed by atoms with Crippen LogP contribution in [0.3, 0.4) is 0 Å². The molecule has 0 aliphatic carbocycles. The molecule has 1 aromatic carbocycles. The number of likely N-dealkylation sites (N-methyl/N-ethyl adjacent to an activating group) is 1. The second kappa shape index (κ2) is 5.55. The molecule has 1 heterocycles. The number of hydrogen-bond acceptors (Lipinski definition) is 2. The molecule has 0 spiro atoms. The van der Waals surface area contributed by atoms with Crippen LogP contribution in [0.25, 0.3) is 11.3 Å². The average Bonchev–Trinajstić information content (AvgIpc) is 2.71. The van der Waals surface area contributed by atoms with E-state index in [1.165, 1.54) is 11.1 Å². The number of hydrogen-bond donors (Lipinski definition) is 2. The van der Waals surface area contributed by atoms with E-state index in [9.17, 15) is 0 Å². The van der Waals surface area contributed by atoms with E-state index in [2.05, 4.69) is 47.3 Å². The van der Waals surface area contributed by atoms with E-state index in [0.717, 1.165) is 30.0 Å². The van der Waals surface area contributed by atoms with Gasteiger partial charge in [-0.1, -0.05) is 29.3 Å². The normalized spacial score (nSPS) is 10.9. The summed E-state index contributed by atoms with van der Waals surface area (Å²) in [5.74, 6) is 0.922. The van der Waals surface area contributed by atoms with Crippen molar-refractivity contribution in [3.05, 3.63) is 40.3 Å². The van der Waals surface area contributed by atoms with E-state index >= 15 is 0 Å². The van der Waals surface area contributed by atoms with Gasteiger partial charge in [0.05, 0.1) is 0 Å². The van der Waals surface area contributed by atoms with Crippen LogP contribution in [0.2, 0.25) is 5.15 Å². The number of halogens is 1. The van der Waals surface area contributed by atoms with Crippen LogP contribution in [-0.4, -0.2) is 23.6 Å². The third-order valence-electron chi connectivity index (χ3n) is 2.97. The van der Waals surface area contributed by atoms with Crippen molar-refractivity contribution in [2.75, 3.05) is 13.6 Å². The first-order valence-electron chi connectivity index (χ1n) is 6.08. The van der Waals surface area contributed by atoms with Gasteiger partial charge in [0.25, 0.3) is 0 Å². The largest absolute Gasteiger partial charge is 0.332 e. The van der Waals surface area contributed by atoms with E-state index in [1.54, 1.807) is 0 Å². The molecule has 2 aromatic rings. The summed E-state index contributed by atoms with van der Waals surface area (Å²) in [6.07, 6.45) is 0.848. The lowest BCUT2D eigenvalue weighted by atomic mass is 10.0. The maximum Gasteiger partial charge on any atom is 0.134 e. The van der Waals surface area contributed by atoms with Crippen LogP contribution in [0.5, 0.6) is 0 Å². The topological polar surface area (TPSA) is 40.7 Å². The molecular weight excluding hydrogens is 246 g/mol. The van der Waals surface area contributed by atoms with E-state index in [-0.39, 0.29) is 0 Å². The molecule has 96 valence electrons. The van der Waals surface area contributed by atoms with Crippen LogP contribution in [-0.2, 0) is 6.42 Å². The number of imidazole rings is 1. The molecule has 0 aliphatic heterocycles. The van der Waals surface area contributed by atoms with Gasteiger partial charge in [0.15, 0.2) is 0 Å². The minimum atomic E-state index is 0.620. The molecule has 3 nitrogen and oxygen atoms in total. The Hall–Kier alpha value is -1.32. The zero-order chi connectivity index (χ0) is 13.1. The Kier molecular flexibility index (Phi) is 4.04. The van der Waals surface area contributed by atoms with E-state index in [1.807, 2.05) is 7.05 Å². The standard InChI is InChI=1S/C14H18ClN3/c1-9-4-5-10(2)11(8-9)13-14(15)18-12(17-13)6-7-16-3/h4-5,8,16H,6-7H2,1-3H3,(H,17,18). The molecule has 0 saturated carbocycles. The summed E-state index contributed by atoms with van der Waals surface area (Å²) in [6.45, 7) is 5.04. The van der Waals surface area contributed by atoms with Crippen molar-refractivity contribution < 1.29 is 0 Å². The van der Waals surface area contributed by atoms with Gasteiger partial charge in [-0.05, 0) is 32.5 Å². The Bertz CT molecular complexity index is 546. The Morgan fingerprint density at radius 2 is 2.11 bits per heavy atom. The summed E-state index contributed by atoms with van der Waals surface area (Å²) in [6, 6.07) is 6.32. The molecule has 0 saturated heterocycles. The SMILES string of the molecule is CNCCc1nc(-c2cc(C)ccc2C)c(Cl)[nH]1. The number of rotatable bonds is 4. The van der Waals surface area contributed by atoms with E-state index < -0.39 is 0 Å². The molecular formula is C14H18ClN3. The Morgan fingerprint density at radius 1 is 1.33 bits per heavy atom. The molecule has 0 radical (unpaired) electrons. The van der Waals surface area contributed by atoms with Crippen LogP contribution in [0, 0.1) is 13.8 Å². The van der Waals surface area contributed by atoms with Gasteiger partial charge in [0, 0.05) is 18.5 Å². The number of benzene rings is 1. The van der Waals surface area contributed by atoms with E-state index in [4.69, 9.17) is 11.6 Å². The van der Waals surface area contributed by atoms with Gasteiger partial charge >= 0.3 is 0 Å². The monoisotopic (exact) mass is 263 g/mol. The molecule has 0 aliphatic rings. The number of aromatic nitrogens is 2. The molecule has 0 amide bonds. The van der Waals surface area contributed by atoms with Crippen molar-refractivity contribution >= 4 is 11.6 Å². The zero-order valence-electron chi connectivity index (χ0n) is 11.0. The van der Waals surface area contributed by atoms with Gasteiger partial charge in [-0.25, -0.2) is 4.98 Å². The van der Waals surface area contributed by atoms with Crippen molar-refractivity contribution in [1.29, 1.82) is 0 Å². The summed E-state index contributed by atoms with van der Waals surface area (Å²) >= 11 is 6.24. The predicted octanol–water partition coefficient (Wildman–Crippen LogP) is 3.11. The molecule has 2 N–H and O–H groups in total. The summed E-state index contributed by atoms with van der Waals surface area (Å²) in [5, 5.41) is 3.72. The Labute approximate surface area is 113 Å². The van der Waals surface area contributed by atoms with Gasteiger partial charge < -0.3 is 10.3 Å². The highest BCUT2D eigenvalue weighted by atomic mass is 35.5. The number of aryl methyl sites for hydroxylation is 2.